The minimum atomic E-state index is -1.14. The van der Waals surface area contributed by atoms with Crippen LogP contribution in [0.5, 0.6) is 0 Å². The molecule has 0 fully saturated rings. The molecule has 8 nitrogen and oxygen atoms in total. The molecular weight excluding hydrogens is 456 g/mol. The third-order valence-electron chi connectivity index (χ3n) is 4.77. The van der Waals surface area contributed by atoms with Crippen molar-refractivity contribution in [2.45, 2.75) is 6.92 Å². The summed E-state index contributed by atoms with van der Waals surface area (Å²) < 4.78 is 7.47. The fourth-order valence-electron chi connectivity index (χ4n) is 3.47. The second-order valence-corrected chi connectivity index (χ2v) is 7.42. The number of rotatable bonds is 4. The highest BCUT2D eigenvalue weighted by molar-refractivity contribution is 9.10. The first kappa shape index (κ1) is 19.6. The van der Waals surface area contributed by atoms with Gasteiger partial charge in [0.2, 0.25) is 0 Å². The highest BCUT2D eigenvalue weighted by Crippen LogP contribution is 2.34. The molecule has 0 radical (unpaired) electrons. The minimum absolute atomic E-state index is 0.0364. The quantitative estimate of drug-likeness (QED) is 0.322. The van der Waals surface area contributed by atoms with Gasteiger partial charge in [-0.3, -0.25) is 19.5 Å². The Morgan fingerprint density at radius 2 is 1.87 bits per heavy atom. The average molecular weight is 469 g/mol. The van der Waals surface area contributed by atoms with Crippen molar-refractivity contribution < 1.29 is 24.0 Å². The molecule has 30 heavy (non-hydrogen) atoms. The number of para-hydroxylation sites is 1. The number of nitro benzene ring substituents is 1. The molecule has 0 bridgehead atoms. The summed E-state index contributed by atoms with van der Waals surface area (Å²) in [4.78, 5) is 35.7. The van der Waals surface area contributed by atoms with Gasteiger partial charge in [-0.25, -0.2) is 4.79 Å². The first-order valence-corrected chi connectivity index (χ1v) is 9.51. The summed E-state index contributed by atoms with van der Waals surface area (Å²) in [5.74, 6) is -1.61. The Balaban J connectivity index is 1.83. The molecule has 0 amide bonds. The largest absolute Gasteiger partial charge is 0.478 e. The highest BCUT2D eigenvalue weighted by atomic mass is 79.9. The molecule has 150 valence electrons. The van der Waals surface area contributed by atoms with Crippen molar-refractivity contribution in [2.24, 2.45) is 0 Å². The number of fused-ring (bicyclic) bond motifs is 1. The molecule has 2 heterocycles. The van der Waals surface area contributed by atoms with Crippen LogP contribution in [0.15, 0.2) is 63.5 Å². The van der Waals surface area contributed by atoms with Gasteiger partial charge in [0.15, 0.2) is 5.76 Å². The van der Waals surface area contributed by atoms with Crippen molar-refractivity contribution in [3.8, 4) is 11.3 Å². The molecule has 4 aromatic rings. The van der Waals surface area contributed by atoms with E-state index in [1.807, 2.05) is 0 Å². The van der Waals surface area contributed by atoms with E-state index in [4.69, 9.17) is 4.42 Å². The van der Waals surface area contributed by atoms with Gasteiger partial charge in [0.25, 0.3) is 11.6 Å². The van der Waals surface area contributed by atoms with E-state index in [-0.39, 0.29) is 34.0 Å². The molecule has 0 aliphatic carbocycles. The van der Waals surface area contributed by atoms with Crippen LogP contribution >= 0.6 is 15.9 Å². The van der Waals surface area contributed by atoms with Crippen molar-refractivity contribution in [2.75, 3.05) is 0 Å². The second-order valence-electron chi connectivity index (χ2n) is 6.51. The number of carbonyl (C=O) groups excluding carboxylic acids is 1. The van der Waals surface area contributed by atoms with Crippen LogP contribution in [0.25, 0.3) is 22.2 Å². The van der Waals surface area contributed by atoms with Crippen molar-refractivity contribution in [1.29, 1.82) is 0 Å². The number of hydrogen-bond acceptors (Lipinski definition) is 5. The summed E-state index contributed by atoms with van der Waals surface area (Å²) in [7, 11) is 0. The summed E-state index contributed by atoms with van der Waals surface area (Å²) in [5, 5.41) is 21.4. The zero-order valence-electron chi connectivity index (χ0n) is 15.5. The topological polar surface area (TPSA) is 116 Å². The lowest BCUT2D eigenvalue weighted by Crippen LogP contribution is -2.13. The number of nitro groups is 1. The molecule has 2 aromatic heterocycles. The number of carbonyl (C=O) groups is 2. The molecular formula is C21H13BrN2O6. The van der Waals surface area contributed by atoms with Crippen LogP contribution in [0.1, 0.15) is 26.6 Å². The van der Waals surface area contributed by atoms with Crippen molar-refractivity contribution in [3.63, 3.8) is 0 Å². The number of aromatic carboxylic acids is 1. The SMILES string of the molecule is Cc1c(C(=O)O)c2ccccc2n1C(=O)c1ccc(-c2ccc(Br)cc2[N+](=O)[O-])o1. The van der Waals surface area contributed by atoms with Gasteiger partial charge in [-0.2, -0.15) is 0 Å². The van der Waals surface area contributed by atoms with Gasteiger partial charge in [-0.1, -0.05) is 34.1 Å². The molecule has 0 aliphatic rings. The number of furan rings is 1. The fourth-order valence-corrected chi connectivity index (χ4v) is 3.82. The van der Waals surface area contributed by atoms with E-state index in [1.54, 1.807) is 37.3 Å². The first-order chi connectivity index (χ1) is 14.3. The third-order valence-corrected chi connectivity index (χ3v) is 5.26. The predicted octanol–water partition coefficient (Wildman–Crippen LogP) is 5.27. The molecule has 0 aliphatic heterocycles. The Labute approximate surface area is 177 Å². The molecule has 0 spiro atoms. The van der Waals surface area contributed by atoms with Crippen LogP contribution in [-0.4, -0.2) is 26.5 Å². The smallest absolute Gasteiger partial charge is 0.338 e. The lowest BCUT2D eigenvalue weighted by Gasteiger charge is -2.05. The number of aromatic nitrogens is 1. The zero-order valence-corrected chi connectivity index (χ0v) is 17.0. The Kier molecular flexibility index (Phi) is 4.75. The maximum absolute atomic E-state index is 13.2. The van der Waals surface area contributed by atoms with Gasteiger partial charge < -0.3 is 9.52 Å². The summed E-state index contributed by atoms with van der Waals surface area (Å²) in [5.41, 5.74) is 0.788. The summed E-state index contributed by atoms with van der Waals surface area (Å²) in [6, 6.07) is 14.1. The van der Waals surface area contributed by atoms with Gasteiger partial charge in [0.05, 0.1) is 21.6 Å². The molecule has 0 saturated heterocycles. The van der Waals surface area contributed by atoms with Gasteiger partial charge in [0, 0.05) is 21.6 Å². The lowest BCUT2D eigenvalue weighted by molar-refractivity contribution is -0.384. The van der Waals surface area contributed by atoms with Crippen molar-refractivity contribution in [3.05, 3.63) is 86.2 Å². The van der Waals surface area contributed by atoms with Crippen LogP contribution in [0.4, 0.5) is 5.69 Å². The van der Waals surface area contributed by atoms with Crippen LogP contribution < -0.4 is 0 Å². The van der Waals surface area contributed by atoms with Crippen LogP contribution in [-0.2, 0) is 0 Å². The van der Waals surface area contributed by atoms with Crippen LogP contribution in [0.3, 0.4) is 0 Å². The standard InChI is InChI=1S/C21H13BrN2O6/c1-11-19(21(26)27)14-4-2-3-5-15(14)23(11)20(25)18-9-8-17(30-18)13-7-6-12(22)10-16(13)24(28)29/h2-10H,1H3,(H,26,27). The highest BCUT2D eigenvalue weighted by Gasteiger charge is 2.26. The van der Waals surface area contributed by atoms with E-state index in [9.17, 15) is 24.8 Å². The molecule has 9 heteroatoms. The van der Waals surface area contributed by atoms with Gasteiger partial charge in [0.1, 0.15) is 5.76 Å². The van der Waals surface area contributed by atoms with E-state index >= 15 is 0 Å². The summed E-state index contributed by atoms with van der Waals surface area (Å²) in [6.07, 6.45) is 0. The summed E-state index contributed by atoms with van der Waals surface area (Å²) >= 11 is 3.20. The van der Waals surface area contributed by atoms with Crippen molar-refractivity contribution >= 4 is 44.4 Å². The van der Waals surface area contributed by atoms with E-state index in [1.165, 1.54) is 28.8 Å². The van der Waals surface area contributed by atoms with E-state index in [0.717, 1.165) is 0 Å². The maximum atomic E-state index is 13.2. The number of carboxylic acid groups (broad SMARTS) is 1. The second kappa shape index (κ2) is 7.27. The van der Waals surface area contributed by atoms with E-state index < -0.39 is 16.8 Å². The predicted molar refractivity (Wildman–Crippen MR) is 112 cm³/mol. The minimum Gasteiger partial charge on any atom is -0.478 e. The number of carboxylic acids is 1. The zero-order chi connectivity index (χ0) is 21.6. The van der Waals surface area contributed by atoms with Gasteiger partial charge >= 0.3 is 5.97 Å². The lowest BCUT2D eigenvalue weighted by atomic mass is 10.1. The number of nitrogens with zero attached hydrogens (tertiary/aromatic N) is 2. The fraction of sp³-hybridized carbons (Fsp3) is 0.0476. The molecule has 1 N–H and O–H groups in total. The molecule has 0 saturated carbocycles. The Morgan fingerprint density at radius 1 is 1.13 bits per heavy atom. The van der Waals surface area contributed by atoms with Gasteiger partial charge in [-0.05, 0) is 37.3 Å². The van der Waals surface area contributed by atoms with Crippen LogP contribution in [0.2, 0.25) is 0 Å². The van der Waals surface area contributed by atoms with E-state index in [2.05, 4.69) is 15.9 Å². The summed E-state index contributed by atoms with van der Waals surface area (Å²) in [6.45, 7) is 1.55. The number of benzene rings is 2. The molecule has 4 rings (SSSR count). The molecule has 0 atom stereocenters. The molecule has 2 aromatic carbocycles. The number of halogens is 1. The Morgan fingerprint density at radius 3 is 2.57 bits per heavy atom. The molecule has 0 unspecified atom stereocenters. The van der Waals surface area contributed by atoms with Crippen LogP contribution in [0, 0.1) is 17.0 Å². The maximum Gasteiger partial charge on any atom is 0.338 e. The first-order valence-electron chi connectivity index (χ1n) is 8.71. The third kappa shape index (κ3) is 3.09. The van der Waals surface area contributed by atoms with Gasteiger partial charge in [-0.15, -0.1) is 0 Å². The Hall–Kier alpha value is -3.72. The monoisotopic (exact) mass is 468 g/mol. The average Bonchev–Trinajstić information content (AvgIpc) is 3.29. The van der Waals surface area contributed by atoms with E-state index in [0.29, 0.717) is 15.4 Å². The normalized spacial score (nSPS) is 11.0. The van der Waals surface area contributed by atoms with Crippen molar-refractivity contribution in [1.82, 2.24) is 4.57 Å². The number of hydrogen-bond donors (Lipinski definition) is 1. The Bertz CT molecular complexity index is 1350.